The van der Waals surface area contributed by atoms with E-state index >= 15 is 0 Å². The second-order valence-electron chi connectivity index (χ2n) is 5.31. The zero-order valence-corrected chi connectivity index (χ0v) is 13.6. The van der Waals surface area contributed by atoms with Gasteiger partial charge in [-0.2, -0.15) is 13.2 Å². The number of hydrogen-bond acceptors (Lipinski definition) is 2. The van der Waals surface area contributed by atoms with E-state index in [1.807, 2.05) is 6.92 Å². The highest BCUT2D eigenvalue weighted by Gasteiger charge is 2.31. The molecule has 0 aliphatic rings. The number of nitrogens with zero attached hydrogens (tertiary/aromatic N) is 1. The zero-order valence-electron chi connectivity index (χ0n) is 12.8. The van der Waals surface area contributed by atoms with Gasteiger partial charge in [0.25, 0.3) is 0 Å². The van der Waals surface area contributed by atoms with Gasteiger partial charge in [0.1, 0.15) is 10.0 Å². The van der Waals surface area contributed by atoms with E-state index in [4.69, 9.17) is 0 Å². The number of alkyl halides is 3. The lowest BCUT2D eigenvalue weighted by atomic mass is 10.1. The molecule has 124 valence electrons. The van der Waals surface area contributed by atoms with Gasteiger partial charge in [-0.05, 0) is 31.9 Å². The fraction of sp³-hybridized carbons (Fsp3) is 0.250. The predicted molar refractivity (Wildman–Crippen MR) is 82.3 cm³/mol. The Labute approximate surface area is 133 Å². The molecule has 0 amide bonds. The maximum absolute atomic E-state index is 13.0. The van der Waals surface area contributed by atoms with Gasteiger partial charge in [0, 0.05) is 5.56 Å². The molecule has 0 saturated heterocycles. The first kappa shape index (κ1) is 17.3. The lowest BCUT2D eigenvalue weighted by Gasteiger charge is -2.27. The summed E-state index contributed by atoms with van der Waals surface area (Å²) in [6.07, 6.45) is -4.67. The number of sulfonamides is 1. The predicted octanol–water partition coefficient (Wildman–Crippen LogP) is 5.02. The maximum Gasteiger partial charge on any atom is 0.415 e. The van der Waals surface area contributed by atoms with Crippen LogP contribution < -0.4 is 0 Å². The van der Waals surface area contributed by atoms with Crippen molar-refractivity contribution in [1.82, 2.24) is 0 Å². The van der Waals surface area contributed by atoms with E-state index in [0.717, 1.165) is 17.7 Å². The molecule has 0 bridgehead atoms. The van der Waals surface area contributed by atoms with Crippen molar-refractivity contribution in [1.29, 1.82) is 0 Å². The normalized spacial score (nSPS) is 12.3. The zero-order chi connectivity index (χ0) is 17.4. The van der Waals surface area contributed by atoms with Crippen LogP contribution in [0.5, 0.6) is 0 Å². The minimum atomic E-state index is -4.67. The molecule has 2 rings (SSSR count). The van der Waals surface area contributed by atoms with Crippen LogP contribution in [0.15, 0.2) is 41.3 Å². The van der Waals surface area contributed by atoms with Gasteiger partial charge >= 0.3 is 6.18 Å². The van der Waals surface area contributed by atoms with Crippen molar-refractivity contribution in [3.05, 3.63) is 63.4 Å². The monoisotopic (exact) mass is 342 g/mol. The highest BCUT2D eigenvalue weighted by molar-refractivity contribution is 7.94. The summed E-state index contributed by atoms with van der Waals surface area (Å²) in [5.74, 6) is 0. The van der Waals surface area contributed by atoms with E-state index in [0.29, 0.717) is 11.1 Å². The first-order valence-electron chi connectivity index (χ1n) is 6.74. The SMILES string of the molecule is Cc1cc(C)c(S(=O)(=O)[N-]c2ccccc2C(F)(F)F)c(C)c1. The molecule has 7 heteroatoms. The first-order chi connectivity index (χ1) is 10.5. The molecule has 23 heavy (non-hydrogen) atoms. The number of aryl methyl sites for hydroxylation is 3. The van der Waals surface area contributed by atoms with Gasteiger partial charge in [0.2, 0.25) is 0 Å². The summed E-state index contributed by atoms with van der Waals surface area (Å²) in [6.45, 7) is 5.00. The minimum absolute atomic E-state index is 0.0555. The highest BCUT2D eigenvalue weighted by atomic mass is 32.2. The van der Waals surface area contributed by atoms with Gasteiger partial charge in [-0.15, -0.1) is 5.69 Å². The lowest BCUT2D eigenvalue weighted by Crippen LogP contribution is -2.08. The van der Waals surface area contributed by atoms with Gasteiger partial charge in [0.05, 0.1) is 4.90 Å². The number of halogens is 3. The van der Waals surface area contributed by atoms with Crippen LogP contribution in [0.2, 0.25) is 0 Å². The summed E-state index contributed by atoms with van der Waals surface area (Å²) >= 11 is 0. The molecule has 0 N–H and O–H groups in total. The van der Waals surface area contributed by atoms with E-state index in [-0.39, 0.29) is 4.90 Å². The average molecular weight is 342 g/mol. The smallest absolute Gasteiger partial charge is 0.415 e. The second-order valence-corrected chi connectivity index (χ2v) is 6.85. The number of benzene rings is 2. The largest absolute Gasteiger partial charge is 0.572 e. The van der Waals surface area contributed by atoms with E-state index in [9.17, 15) is 21.6 Å². The lowest BCUT2D eigenvalue weighted by molar-refractivity contribution is -0.136. The third-order valence-electron chi connectivity index (χ3n) is 3.29. The summed E-state index contributed by atoms with van der Waals surface area (Å²) in [5.41, 5.74) is 0.0893. The van der Waals surface area contributed by atoms with Crippen LogP contribution in [0.25, 0.3) is 4.72 Å². The number of hydrogen-bond donors (Lipinski definition) is 0. The van der Waals surface area contributed by atoms with E-state index in [1.54, 1.807) is 26.0 Å². The standard InChI is InChI=1S/C16H15F3NO2S/c1-10-8-11(2)15(12(3)9-10)23(21,22)20-14-7-5-4-6-13(14)16(17,18)19/h4-9H,1-3H3/q-1. The molecular weight excluding hydrogens is 327 g/mol. The fourth-order valence-electron chi connectivity index (χ4n) is 2.54. The molecule has 0 radical (unpaired) electrons. The van der Waals surface area contributed by atoms with Crippen LogP contribution in [-0.2, 0) is 16.2 Å². The summed E-state index contributed by atoms with van der Waals surface area (Å²) in [4.78, 5) is -0.0555. The topological polar surface area (TPSA) is 48.2 Å². The molecule has 0 unspecified atom stereocenters. The molecule has 0 aliphatic heterocycles. The Balaban J connectivity index is 2.53. The van der Waals surface area contributed by atoms with E-state index < -0.39 is 27.5 Å². The second kappa shape index (κ2) is 5.88. The van der Waals surface area contributed by atoms with Crippen LogP contribution in [-0.4, -0.2) is 8.42 Å². The molecular formula is C16H15F3NO2S-. The minimum Gasteiger partial charge on any atom is -0.572 e. The molecule has 2 aromatic carbocycles. The summed E-state index contributed by atoms with van der Waals surface area (Å²) in [5, 5.41) is 0. The molecule has 3 nitrogen and oxygen atoms in total. The molecule has 0 aromatic heterocycles. The van der Waals surface area contributed by atoms with Crippen LogP contribution in [0, 0.1) is 20.8 Å². The van der Waals surface area contributed by atoms with Crippen molar-refractivity contribution in [2.24, 2.45) is 0 Å². The maximum atomic E-state index is 13.0. The molecule has 0 heterocycles. The Morgan fingerprint density at radius 2 is 1.48 bits per heavy atom. The first-order valence-corrected chi connectivity index (χ1v) is 8.18. The van der Waals surface area contributed by atoms with E-state index in [2.05, 4.69) is 4.72 Å². The summed E-state index contributed by atoms with van der Waals surface area (Å²) in [6, 6.07) is 7.67. The highest BCUT2D eigenvalue weighted by Crippen LogP contribution is 2.41. The van der Waals surface area contributed by atoms with Crippen molar-refractivity contribution in [2.75, 3.05) is 0 Å². The van der Waals surface area contributed by atoms with Gasteiger partial charge in [-0.1, -0.05) is 42.0 Å². The molecule has 0 aliphatic carbocycles. The third-order valence-corrected chi connectivity index (χ3v) is 4.89. The summed E-state index contributed by atoms with van der Waals surface area (Å²) < 4.78 is 67.4. The van der Waals surface area contributed by atoms with Crippen LogP contribution >= 0.6 is 0 Å². The fourth-order valence-corrected chi connectivity index (χ4v) is 3.98. The Kier molecular flexibility index (Phi) is 4.43. The quantitative estimate of drug-likeness (QED) is 0.786. The molecule has 0 atom stereocenters. The van der Waals surface area contributed by atoms with Crippen LogP contribution in [0.1, 0.15) is 22.3 Å². The molecule has 0 spiro atoms. The van der Waals surface area contributed by atoms with Crippen LogP contribution in [0.4, 0.5) is 18.9 Å². The average Bonchev–Trinajstić information content (AvgIpc) is 2.35. The number of rotatable bonds is 3. The Morgan fingerprint density at radius 1 is 0.957 bits per heavy atom. The molecule has 0 fully saturated rings. The van der Waals surface area contributed by atoms with Gasteiger partial charge in [0.15, 0.2) is 0 Å². The third kappa shape index (κ3) is 3.67. The summed E-state index contributed by atoms with van der Waals surface area (Å²) in [7, 11) is -4.25. The molecule has 2 aromatic rings. The Hall–Kier alpha value is -2.02. The van der Waals surface area contributed by atoms with Crippen molar-refractivity contribution in [3.63, 3.8) is 0 Å². The Morgan fingerprint density at radius 3 is 2.00 bits per heavy atom. The van der Waals surface area contributed by atoms with Crippen molar-refractivity contribution in [2.45, 2.75) is 31.8 Å². The van der Waals surface area contributed by atoms with Gasteiger partial charge in [-0.25, -0.2) is 8.42 Å². The van der Waals surface area contributed by atoms with Gasteiger partial charge < -0.3 is 4.72 Å². The van der Waals surface area contributed by atoms with Crippen LogP contribution in [0.3, 0.4) is 0 Å². The van der Waals surface area contributed by atoms with Gasteiger partial charge in [-0.3, -0.25) is 0 Å². The molecule has 0 saturated carbocycles. The van der Waals surface area contributed by atoms with E-state index in [1.165, 1.54) is 12.1 Å². The van der Waals surface area contributed by atoms with Crippen molar-refractivity contribution in [3.8, 4) is 0 Å². The Bertz CT molecular complexity index is 820. The van der Waals surface area contributed by atoms with Crippen molar-refractivity contribution < 1.29 is 21.6 Å². The van der Waals surface area contributed by atoms with Crippen molar-refractivity contribution >= 4 is 15.7 Å².